The third-order valence-corrected chi connectivity index (χ3v) is 4.64. The third kappa shape index (κ3) is 3.18. The number of rotatable bonds is 4. The summed E-state index contributed by atoms with van der Waals surface area (Å²) in [5.74, 6) is 0.659. The number of nitrogens with zero attached hydrogens (tertiary/aromatic N) is 1. The van der Waals surface area contributed by atoms with Crippen LogP contribution in [0.15, 0.2) is 36.4 Å². The van der Waals surface area contributed by atoms with Gasteiger partial charge in [-0.3, -0.25) is 4.98 Å². The second kappa shape index (κ2) is 6.43. The molecule has 1 aliphatic rings. The molecule has 1 nitrogen and oxygen atoms in total. The molecule has 0 saturated carbocycles. The smallest absolute Gasteiger partial charge is 0.0705 e. The van der Waals surface area contributed by atoms with Crippen LogP contribution in [0.2, 0.25) is 0 Å². The van der Waals surface area contributed by atoms with Gasteiger partial charge in [0.25, 0.3) is 0 Å². The molecular formula is C20H25N. The molecule has 0 bridgehead atoms. The van der Waals surface area contributed by atoms with E-state index in [2.05, 4.69) is 50.3 Å². The largest absolute Gasteiger partial charge is 0.253 e. The summed E-state index contributed by atoms with van der Waals surface area (Å²) >= 11 is 0. The average molecular weight is 279 g/mol. The number of allylic oxidation sites excluding steroid dienone is 2. The lowest BCUT2D eigenvalue weighted by atomic mass is 9.86. The normalized spacial score (nSPS) is 18.3. The van der Waals surface area contributed by atoms with E-state index in [0.717, 1.165) is 5.52 Å². The SMILES string of the molecule is CCCCc1ccc2nc(C)c(C3CC=CCC3)cc2c1. The number of unbranched alkanes of at least 4 members (excludes halogenated alkanes) is 1. The van der Waals surface area contributed by atoms with Crippen LogP contribution in [0.1, 0.15) is 61.8 Å². The Labute approximate surface area is 128 Å². The Morgan fingerprint density at radius 2 is 2.10 bits per heavy atom. The van der Waals surface area contributed by atoms with Crippen molar-refractivity contribution in [3.8, 4) is 0 Å². The molecule has 2 aromatic rings. The Hall–Kier alpha value is -1.63. The Balaban J connectivity index is 1.97. The van der Waals surface area contributed by atoms with E-state index in [1.54, 1.807) is 0 Å². The molecule has 0 N–H and O–H groups in total. The van der Waals surface area contributed by atoms with Crippen molar-refractivity contribution in [2.75, 3.05) is 0 Å². The van der Waals surface area contributed by atoms with E-state index in [4.69, 9.17) is 4.98 Å². The number of pyridine rings is 1. The quantitative estimate of drug-likeness (QED) is 0.653. The Kier molecular flexibility index (Phi) is 4.38. The molecule has 110 valence electrons. The molecule has 1 heteroatoms. The summed E-state index contributed by atoms with van der Waals surface area (Å²) in [4.78, 5) is 4.85. The molecule has 0 fully saturated rings. The molecule has 21 heavy (non-hydrogen) atoms. The van der Waals surface area contributed by atoms with Crippen molar-refractivity contribution in [2.45, 2.75) is 58.3 Å². The molecule has 1 atom stereocenters. The summed E-state index contributed by atoms with van der Waals surface area (Å²) in [5.41, 5.74) is 5.26. The molecule has 3 rings (SSSR count). The van der Waals surface area contributed by atoms with Crippen molar-refractivity contribution < 1.29 is 0 Å². The molecular weight excluding hydrogens is 254 g/mol. The fraction of sp³-hybridized carbons (Fsp3) is 0.450. The molecule has 0 amide bonds. The van der Waals surface area contributed by atoms with Gasteiger partial charge in [-0.25, -0.2) is 0 Å². The summed E-state index contributed by atoms with van der Waals surface area (Å²) in [6, 6.07) is 9.18. The van der Waals surface area contributed by atoms with E-state index in [1.165, 1.54) is 60.7 Å². The van der Waals surface area contributed by atoms with Crippen LogP contribution in [0.5, 0.6) is 0 Å². The first-order valence-electron chi connectivity index (χ1n) is 8.33. The maximum Gasteiger partial charge on any atom is 0.0705 e. The number of aromatic nitrogens is 1. The van der Waals surface area contributed by atoms with E-state index < -0.39 is 0 Å². The highest BCUT2D eigenvalue weighted by molar-refractivity contribution is 5.80. The number of aryl methyl sites for hydroxylation is 2. The van der Waals surface area contributed by atoms with E-state index in [-0.39, 0.29) is 0 Å². The van der Waals surface area contributed by atoms with Crippen LogP contribution in [-0.4, -0.2) is 4.98 Å². The van der Waals surface area contributed by atoms with Crippen LogP contribution < -0.4 is 0 Å². The van der Waals surface area contributed by atoms with Gasteiger partial charge >= 0.3 is 0 Å². The van der Waals surface area contributed by atoms with Gasteiger partial charge in [0.2, 0.25) is 0 Å². The van der Waals surface area contributed by atoms with Crippen LogP contribution in [0.4, 0.5) is 0 Å². The van der Waals surface area contributed by atoms with Gasteiger partial charge in [0.1, 0.15) is 0 Å². The highest BCUT2D eigenvalue weighted by atomic mass is 14.7. The molecule has 1 unspecified atom stereocenters. The fourth-order valence-corrected chi connectivity index (χ4v) is 3.36. The summed E-state index contributed by atoms with van der Waals surface area (Å²) in [6.45, 7) is 4.42. The van der Waals surface area contributed by atoms with Crippen molar-refractivity contribution in [2.24, 2.45) is 0 Å². The molecule has 1 heterocycles. The van der Waals surface area contributed by atoms with E-state index in [9.17, 15) is 0 Å². The zero-order chi connectivity index (χ0) is 14.7. The van der Waals surface area contributed by atoms with Crippen LogP contribution in [0.3, 0.4) is 0 Å². The average Bonchev–Trinajstić information content (AvgIpc) is 2.53. The number of hydrogen-bond acceptors (Lipinski definition) is 1. The van der Waals surface area contributed by atoms with Gasteiger partial charge in [-0.15, -0.1) is 0 Å². The molecule has 1 aliphatic carbocycles. The van der Waals surface area contributed by atoms with Crippen molar-refractivity contribution in [1.29, 1.82) is 0 Å². The standard InChI is InChI=1S/C20H25N/c1-3-4-8-16-11-12-20-18(13-16)14-19(15(2)21-20)17-9-6-5-7-10-17/h5-6,11-14,17H,3-4,7-10H2,1-2H3. The number of hydrogen-bond donors (Lipinski definition) is 0. The highest BCUT2D eigenvalue weighted by Gasteiger charge is 2.16. The Morgan fingerprint density at radius 1 is 1.19 bits per heavy atom. The Bertz CT molecular complexity index is 654. The van der Waals surface area contributed by atoms with Gasteiger partial charge in [0, 0.05) is 11.1 Å². The predicted molar refractivity (Wildman–Crippen MR) is 90.8 cm³/mol. The summed E-state index contributed by atoms with van der Waals surface area (Å²) in [7, 11) is 0. The minimum Gasteiger partial charge on any atom is -0.253 e. The lowest BCUT2D eigenvalue weighted by Crippen LogP contribution is -2.04. The van der Waals surface area contributed by atoms with Crippen LogP contribution in [-0.2, 0) is 6.42 Å². The molecule has 1 aromatic heterocycles. The predicted octanol–water partition coefficient (Wildman–Crippen LogP) is 5.71. The van der Waals surface area contributed by atoms with Gasteiger partial charge in [-0.2, -0.15) is 0 Å². The molecule has 0 radical (unpaired) electrons. The highest BCUT2D eigenvalue weighted by Crippen LogP contribution is 2.32. The number of benzene rings is 1. The van der Waals surface area contributed by atoms with Crippen molar-refractivity contribution in [3.05, 3.63) is 53.2 Å². The van der Waals surface area contributed by atoms with Gasteiger partial charge in [-0.05, 0) is 74.3 Å². The summed E-state index contributed by atoms with van der Waals surface area (Å²) in [6.07, 6.45) is 12.0. The third-order valence-electron chi connectivity index (χ3n) is 4.64. The first kappa shape index (κ1) is 14.3. The van der Waals surface area contributed by atoms with E-state index in [1.807, 2.05) is 0 Å². The maximum absolute atomic E-state index is 4.85. The van der Waals surface area contributed by atoms with Crippen molar-refractivity contribution in [3.63, 3.8) is 0 Å². The second-order valence-electron chi connectivity index (χ2n) is 6.27. The molecule has 0 spiro atoms. The lowest BCUT2D eigenvalue weighted by Gasteiger charge is -2.20. The second-order valence-corrected chi connectivity index (χ2v) is 6.27. The van der Waals surface area contributed by atoms with Crippen LogP contribution >= 0.6 is 0 Å². The van der Waals surface area contributed by atoms with Crippen LogP contribution in [0.25, 0.3) is 10.9 Å². The molecule has 0 aliphatic heterocycles. The van der Waals surface area contributed by atoms with Gasteiger partial charge in [0.15, 0.2) is 0 Å². The van der Waals surface area contributed by atoms with E-state index in [0.29, 0.717) is 5.92 Å². The summed E-state index contributed by atoms with van der Waals surface area (Å²) < 4.78 is 0. The first-order valence-corrected chi connectivity index (χ1v) is 8.33. The zero-order valence-electron chi connectivity index (χ0n) is 13.2. The van der Waals surface area contributed by atoms with Gasteiger partial charge in [0.05, 0.1) is 5.52 Å². The first-order chi connectivity index (χ1) is 10.3. The monoisotopic (exact) mass is 279 g/mol. The van der Waals surface area contributed by atoms with Crippen molar-refractivity contribution in [1.82, 2.24) is 4.98 Å². The Morgan fingerprint density at radius 3 is 2.86 bits per heavy atom. The molecule has 1 aromatic carbocycles. The maximum atomic E-state index is 4.85. The summed E-state index contributed by atoms with van der Waals surface area (Å²) in [5, 5.41) is 1.32. The minimum atomic E-state index is 0.659. The zero-order valence-corrected chi connectivity index (χ0v) is 13.2. The van der Waals surface area contributed by atoms with Gasteiger partial charge < -0.3 is 0 Å². The topological polar surface area (TPSA) is 12.9 Å². The number of fused-ring (bicyclic) bond motifs is 1. The van der Waals surface area contributed by atoms with Gasteiger partial charge in [-0.1, -0.05) is 31.6 Å². The molecule has 0 saturated heterocycles. The minimum absolute atomic E-state index is 0.659. The lowest BCUT2D eigenvalue weighted by molar-refractivity contribution is 0.612. The van der Waals surface area contributed by atoms with Crippen molar-refractivity contribution >= 4 is 10.9 Å². The van der Waals surface area contributed by atoms with Crippen LogP contribution in [0, 0.1) is 6.92 Å². The van der Waals surface area contributed by atoms with E-state index >= 15 is 0 Å². The fourth-order valence-electron chi connectivity index (χ4n) is 3.36.